The van der Waals surface area contributed by atoms with Crippen LogP contribution in [0.15, 0.2) is 22.7 Å². The second kappa shape index (κ2) is 5.89. The van der Waals surface area contributed by atoms with E-state index in [2.05, 4.69) is 10.1 Å². The Morgan fingerprint density at radius 1 is 1.32 bits per heavy atom. The van der Waals surface area contributed by atoms with Crippen LogP contribution < -0.4 is 0 Å². The molecule has 0 N–H and O–H groups in total. The summed E-state index contributed by atoms with van der Waals surface area (Å²) in [6.07, 6.45) is 3.81. The van der Waals surface area contributed by atoms with Crippen molar-refractivity contribution >= 4 is 5.91 Å². The van der Waals surface area contributed by atoms with Crippen LogP contribution in [-0.2, 0) is 5.41 Å². The number of nitrogens with zero attached hydrogens (tertiary/aromatic N) is 3. The Labute approximate surface area is 144 Å². The average molecular weight is 347 g/mol. The van der Waals surface area contributed by atoms with Crippen molar-refractivity contribution < 1.29 is 18.1 Å². The lowest BCUT2D eigenvalue weighted by molar-refractivity contribution is 0.0619. The summed E-state index contributed by atoms with van der Waals surface area (Å²) in [4.78, 5) is 18.9. The lowest BCUT2D eigenvalue weighted by atomic mass is 9.81. The van der Waals surface area contributed by atoms with E-state index in [0.717, 1.165) is 43.6 Å². The molecule has 2 aromatic rings. The molecule has 7 heteroatoms. The molecule has 1 aromatic heterocycles. The quantitative estimate of drug-likeness (QED) is 0.854. The first kappa shape index (κ1) is 16.2. The SMILES string of the molecule is C[C@]1(c2nc(C3CC3)no2)CCCN(C(=O)c2ccc(F)c(F)c2)C1. The van der Waals surface area contributed by atoms with Crippen molar-refractivity contribution in [3.8, 4) is 0 Å². The first-order valence-electron chi connectivity index (χ1n) is 8.55. The van der Waals surface area contributed by atoms with Crippen LogP contribution in [0.1, 0.15) is 60.6 Å². The molecular weight excluding hydrogens is 328 g/mol. The molecule has 1 atom stereocenters. The van der Waals surface area contributed by atoms with Gasteiger partial charge in [-0.3, -0.25) is 4.79 Å². The third-order valence-corrected chi connectivity index (χ3v) is 5.05. The highest BCUT2D eigenvalue weighted by Crippen LogP contribution is 2.40. The Kier molecular flexibility index (Phi) is 3.81. The average Bonchev–Trinajstić information content (AvgIpc) is 3.33. The number of piperidine rings is 1. The highest BCUT2D eigenvalue weighted by Gasteiger charge is 2.40. The summed E-state index contributed by atoms with van der Waals surface area (Å²) in [5, 5.41) is 4.07. The van der Waals surface area contributed by atoms with Gasteiger partial charge in [-0.2, -0.15) is 4.98 Å². The van der Waals surface area contributed by atoms with Gasteiger partial charge in [-0.25, -0.2) is 8.78 Å². The molecule has 2 fully saturated rings. The van der Waals surface area contributed by atoms with Crippen LogP contribution in [-0.4, -0.2) is 34.0 Å². The summed E-state index contributed by atoms with van der Waals surface area (Å²) in [6, 6.07) is 3.23. The van der Waals surface area contributed by atoms with Crippen LogP contribution >= 0.6 is 0 Å². The minimum Gasteiger partial charge on any atom is -0.339 e. The van der Waals surface area contributed by atoms with E-state index < -0.39 is 17.0 Å². The van der Waals surface area contributed by atoms with Gasteiger partial charge in [-0.15, -0.1) is 0 Å². The maximum absolute atomic E-state index is 13.4. The standard InChI is InChI=1S/C18H19F2N3O2/c1-18(17-21-15(22-25-17)11-3-4-11)7-2-8-23(10-18)16(24)12-5-6-13(19)14(20)9-12/h5-6,9,11H,2-4,7-8,10H2,1H3/t18-/m0/s1. The third kappa shape index (κ3) is 3.03. The fraction of sp³-hybridized carbons (Fsp3) is 0.500. The summed E-state index contributed by atoms with van der Waals surface area (Å²) in [5.74, 6) is -0.580. The van der Waals surface area contributed by atoms with E-state index in [1.54, 1.807) is 4.90 Å². The summed E-state index contributed by atoms with van der Waals surface area (Å²) in [5.41, 5.74) is -0.278. The Hall–Kier alpha value is -2.31. The van der Waals surface area contributed by atoms with Crippen LogP contribution in [0.25, 0.3) is 0 Å². The molecule has 4 rings (SSSR count). The maximum atomic E-state index is 13.4. The molecule has 0 bridgehead atoms. The number of rotatable bonds is 3. The number of carbonyl (C=O) groups is 1. The zero-order valence-electron chi connectivity index (χ0n) is 14.0. The molecule has 1 saturated heterocycles. The molecular formula is C18H19F2N3O2. The highest BCUT2D eigenvalue weighted by atomic mass is 19.2. The molecule has 1 amide bonds. The van der Waals surface area contributed by atoms with Crippen molar-refractivity contribution in [1.82, 2.24) is 15.0 Å². The van der Waals surface area contributed by atoms with Gasteiger partial charge in [0.1, 0.15) is 0 Å². The van der Waals surface area contributed by atoms with Crippen molar-refractivity contribution in [2.45, 2.75) is 43.9 Å². The van der Waals surface area contributed by atoms with Crippen molar-refractivity contribution in [1.29, 1.82) is 0 Å². The summed E-state index contributed by atoms with van der Waals surface area (Å²) in [6.45, 7) is 2.98. The molecule has 1 aliphatic carbocycles. The van der Waals surface area contributed by atoms with Crippen LogP contribution in [0.2, 0.25) is 0 Å². The molecule has 0 radical (unpaired) electrons. The monoisotopic (exact) mass is 347 g/mol. The number of benzene rings is 1. The molecule has 2 heterocycles. The zero-order valence-corrected chi connectivity index (χ0v) is 14.0. The number of halogens is 2. The predicted molar refractivity (Wildman–Crippen MR) is 85.1 cm³/mol. The first-order valence-corrected chi connectivity index (χ1v) is 8.55. The van der Waals surface area contributed by atoms with Gasteiger partial charge in [0, 0.05) is 24.6 Å². The van der Waals surface area contributed by atoms with Gasteiger partial charge >= 0.3 is 0 Å². The Morgan fingerprint density at radius 2 is 2.12 bits per heavy atom. The van der Waals surface area contributed by atoms with E-state index in [9.17, 15) is 13.6 Å². The van der Waals surface area contributed by atoms with Gasteiger partial charge in [0.25, 0.3) is 5.91 Å². The van der Waals surface area contributed by atoms with E-state index in [-0.39, 0.29) is 11.5 Å². The third-order valence-electron chi connectivity index (χ3n) is 5.05. The smallest absolute Gasteiger partial charge is 0.253 e. The van der Waals surface area contributed by atoms with Crippen LogP contribution in [0.3, 0.4) is 0 Å². The molecule has 1 aliphatic heterocycles. The topological polar surface area (TPSA) is 59.2 Å². The van der Waals surface area contributed by atoms with E-state index in [1.807, 2.05) is 6.92 Å². The molecule has 0 unspecified atom stereocenters. The molecule has 2 aliphatic rings. The fourth-order valence-corrected chi connectivity index (χ4v) is 3.39. The normalized spacial score (nSPS) is 23.7. The van der Waals surface area contributed by atoms with Crippen molar-refractivity contribution in [3.63, 3.8) is 0 Å². The Balaban J connectivity index is 1.54. The van der Waals surface area contributed by atoms with Gasteiger partial charge in [0.15, 0.2) is 17.5 Å². The minimum atomic E-state index is -1.02. The number of likely N-dealkylation sites (tertiary alicyclic amines) is 1. The number of carbonyl (C=O) groups excluding carboxylic acids is 1. The summed E-state index contributed by atoms with van der Waals surface area (Å²) in [7, 11) is 0. The van der Waals surface area contributed by atoms with Crippen LogP contribution in [0.5, 0.6) is 0 Å². The number of hydrogen-bond donors (Lipinski definition) is 0. The Morgan fingerprint density at radius 3 is 2.84 bits per heavy atom. The second-order valence-electron chi connectivity index (χ2n) is 7.25. The van der Waals surface area contributed by atoms with E-state index in [1.165, 1.54) is 6.07 Å². The van der Waals surface area contributed by atoms with Crippen LogP contribution in [0.4, 0.5) is 8.78 Å². The lowest BCUT2D eigenvalue weighted by Crippen LogP contribution is -2.47. The number of aromatic nitrogens is 2. The van der Waals surface area contributed by atoms with E-state index >= 15 is 0 Å². The predicted octanol–water partition coefficient (Wildman–Crippen LogP) is 3.42. The molecule has 1 saturated carbocycles. The molecule has 5 nitrogen and oxygen atoms in total. The maximum Gasteiger partial charge on any atom is 0.253 e. The van der Waals surface area contributed by atoms with Gasteiger partial charge in [-0.05, 0) is 50.8 Å². The first-order chi connectivity index (χ1) is 12.0. The number of hydrogen-bond acceptors (Lipinski definition) is 4. The largest absolute Gasteiger partial charge is 0.339 e. The van der Waals surface area contributed by atoms with E-state index in [4.69, 9.17) is 4.52 Å². The second-order valence-corrected chi connectivity index (χ2v) is 7.25. The van der Waals surface area contributed by atoms with Gasteiger partial charge < -0.3 is 9.42 Å². The highest BCUT2D eigenvalue weighted by molar-refractivity contribution is 5.94. The minimum absolute atomic E-state index is 0.146. The van der Waals surface area contributed by atoms with Crippen LogP contribution in [0, 0.1) is 11.6 Å². The fourth-order valence-electron chi connectivity index (χ4n) is 3.39. The lowest BCUT2D eigenvalue weighted by Gasteiger charge is -2.38. The van der Waals surface area contributed by atoms with Gasteiger partial charge in [0.05, 0.1) is 5.41 Å². The Bertz CT molecular complexity index is 818. The van der Waals surface area contributed by atoms with Crippen molar-refractivity contribution in [2.24, 2.45) is 0 Å². The summed E-state index contributed by atoms with van der Waals surface area (Å²) < 4.78 is 32.0. The summed E-state index contributed by atoms with van der Waals surface area (Å²) >= 11 is 0. The van der Waals surface area contributed by atoms with Gasteiger partial charge in [-0.1, -0.05) is 5.16 Å². The molecule has 132 valence electrons. The van der Waals surface area contributed by atoms with Crippen molar-refractivity contribution in [3.05, 3.63) is 47.1 Å². The van der Waals surface area contributed by atoms with E-state index in [0.29, 0.717) is 24.9 Å². The number of amides is 1. The van der Waals surface area contributed by atoms with Gasteiger partial charge in [0.2, 0.25) is 5.89 Å². The molecule has 1 aromatic carbocycles. The van der Waals surface area contributed by atoms with Crippen molar-refractivity contribution in [2.75, 3.05) is 13.1 Å². The molecule has 0 spiro atoms. The molecule has 25 heavy (non-hydrogen) atoms. The zero-order chi connectivity index (χ0) is 17.6.